The summed E-state index contributed by atoms with van der Waals surface area (Å²) < 4.78 is 5.60. The van der Waals surface area contributed by atoms with Crippen molar-refractivity contribution in [2.45, 2.75) is 33.2 Å². The number of nitrogens with one attached hydrogen (secondary N) is 2. The van der Waals surface area contributed by atoms with Crippen LogP contribution in [0.3, 0.4) is 0 Å². The molecule has 2 aromatic rings. The van der Waals surface area contributed by atoms with Gasteiger partial charge in [-0.2, -0.15) is 0 Å². The fourth-order valence-corrected chi connectivity index (χ4v) is 1.92. The molecule has 1 heterocycles. The van der Waals surface area contributed by atoms with Crippen LogP contribution in [0.4, 0.5) is 11.7 Å². The van der Waals surface area contributed by atoms with Crippen LogP contribution in [0.5, 0.6) is 0 Å². The van der Waals surface area contributed by atoms with Crippen LogP contribution in [0.2, 0.25) is 5.02 Å². The van der Waals surface area contributed by atoms with Gasteiger partial charge in [0.1, 0.15) is 0 Å². The molecule has 5 nitrogen and oxygen atoms in total. The Bertz CT molecular complexity index is 570. The first kappa shape index (κ1) is 14.8. The smallest absolute Gasteiger partial charge is 0.320 e. The van der Waals surface area contributed by atoms with Crippen LogP contribution in [0.1, 0.15) is 37.8 Å². The lowest BCUT2D eigenvalue weighted by Crippen LogP contribution is -2.19. The molecular formula is C14H19ClN4O. The number of hydrogen-bond donors (Lipinski definition) is 2. The van der Waals surface area contributed by atoms with Crippen LogP contribution in [-0.2, 0) is 0 Å². The van der Waals surface area contributed by atoms with Gasteiger partial charge in [0, 0.05) is 10.7 Å². The molecule has 0 bridgehead atoms. The first-order valence-corrected chi connectivity index (χ1v) is 7.08. The SMILES string of the molecule is CCCNC(C)c1nnc(Nc2cc(Cl)ccc2C)o1. The summed E-state index contributed by atoms with van der Waals surface area (Å²) in [4.78, 5) is 0. The molecule has 0 amide bonds. The number of halogens is 1. The van der Waals surface area contributed by atoms with E-state index in [2.05, 4.69) is 27.8 Å². The van der Waals surface area contributed by atoms with E-state index in [0.717, 1.165) is 24.2 Å². The lowest BCUT2D eigenvalue weighted by Gasteiger charge is -2.08. The molecule has 1 atom stereocenters. The molecule has 0 saturated heterocycles. The summed E-state index contributed by atoms with van der Waals surface area (Å²) in [6.07, 6.45) is 1.06. The second-order valence-corrected chi connectivity index (χ2v) is 5.14. The highest BCUT2D eigenvalue weighted by Gasteiger charge is 2.13. The third-order valence-electron chi connectivity index (χ3n) is 2.95. The predicted octanol–water partition coefficient (Wildman–Crippen LogP) is 3.84. The molecule has 0 saturated carbocycles. The quantitative estimate of drug-likeness (QED) is 0.847. The highest BCUT2D eigenvalue weighted by molar-refractivity contribution is 6.30. The first-order valence-electron chi connectivity index (χ1n) is 6.70. The Morgan fingerprint density at radius 1 is 1.35 bits per heavy atom. The minimum Gasteiger partial charge on any atom is -0.406 e. The Kier molecular flexibility index (Phi) is 4.98. The number of nitrogens with zero attached hydrogens (tertiary/aromatic N) is 2. The van der Waals surface area contributed by atoms with Crippen molar-refractivity contribution in [3.8, 4) is 0 Å². The molecule has 2 N–H and O–H groups in total. The van der Waals surface area contributed by atoms with Gasteiger partial charge in [-0.15, -0.1) is 5.10 Å². The molecule has 1 aromatic heterocycles. The number of rotatable bonds is 6. The van der Waals surface area contributed by atoms with E-state index in [4.69, 9.17) is 16.0 Å². The van der Waals surface area contributed by atoms with Gasteiger partial charge in [-0.05, 0) is 44.5 Å². The number of hydrogen-bond acceptors (Lipinski definition) is 5. The van der Waals surface area contributed by atoms with Crippen molar-refractivity contribution in [2.24, 2.45) is 0 Å². The van der Waals surface area contributed by atoms with E-state index in [1.54, 1.807) is 0 Å². The standard InChI is InChI=1S/C14H19ClN4O/c1-4-7-16-10(3)13-18-19-14(20-13)17-12-8-11(15)6-5-9(12)2/h5-6,8,10,16H,4,7H2,1-3H3,(H,17,19). The largest absolute Gasteiger partial charge is 0.406 e. The van der Waals surface area contributed by atoms with Gasteiger partial charge in [-0.3, -0.25) is 0 Å². The summed E-state index contributed by atoms with van der Waals surface area (Å²) in [5.41, 5.74) is 1.92. The molecule has 0 fully saturated rings. The Labute approximate surface area is 123 Å². The fourth-order valence-electron chi connectivity index (χ4n) is 1.75. The highest BCUT2D eigenvalue weighted by Crippen LogP contribution is 2.24. The van der Waals surface area contributed by atoms with Crippen molar-refractivity contribution >= 4 is 23.3 Å². The fraction of sp³-hybridized carbons (Fsp3) is 0.429. The van der Waals surface area contributed by atoms with Gasteiger partial charge in [-0.1, -0.05) is 29.7 Å². The van der Waals surface area contributed by atoms with Crippen molar-refractivity contribution in [1.29, 1.82) is 0 Å². The van der Waals surface area contributed by atoms with E-state index in [0.29, 0.717) is 16.9 Å². The third-order valence-corrected chi connectivity index (χ3v) is 3.19. The Hall–Kier alpha value is -1.59. The summed E-state index contributed by atoms with van der Waals surface area (Å²) >= 11 is 5.98. The normalized spacial score (nSPS) is 12.4. The average molecular weight is 295 g/mol. The van der Waals surface area contributed by atoms with Crippen LogP contribution in [-0.4, -0.2) is 16.7 Å². The number of aromatic nitrogens is 2. The molecule has 0 aliphatic heterocycles. The second-order valence-electron chi connectivity index (χ2n) is 4.71. The number of anilines is 2. The van der Waals surface area contributed by atoms with Crippen molar-refractivity contribution in [3.63, 3.8) is 0 Å². The molecule has 108 valence electrons. The minimum atomic E-state index is 0.0402. The van der Waals surface area contributed by atoms with Gasteiger partial charge in [0.05, 0.1) is 6.04 Å². The maximum atomic E-state index is 5.98. The van der Waals surface area contributed by atoms with Crippen LogP contribution >= 0.6 is 11.6 Å². The van der Waals surface area contributed by atoms with Gasteiger partial charge >= 0.3 is 6.01 Å². The zero-order chi connectivity index (χ0) is 14.5. The van der Waals surface area contributed by atoms with Gasteiger partial charge in [0.2, 0.25) is 5.89 Å². The maximum Gasteiger partial charge on any atom is 0.320 e. The highest BCUT2D eigenvalue weighted by atomic mass is 35.5. The van der Waals surface area contributed by atoms with Crippen LogP contribution < -0.4 is 10.6 Å². The molecular weight excluding hydrogens is 276 g/mol. The summed E-state index contributed by atoms with van der Waals surface area (Å²) in [5, 5.41) is 15.1. The molecule has 0 aliphatic carbocycles. The summed E-state index contributed by atoms with van der Waals surface area (Å²) in [6, 6.07) is 6.03. The van der Waals surface area contributed by atoms with Crippen molar-refractivity contribution < 1.29 is 4.42 Å². The van der Waals surface area contributed by atoms with E-state index in [9.17, 15) is 0 Å². The minimum absolute atomic E-state index is 0.0402. The van der Waals surface area contributed by atoms with Gasteiger partial charge in [-0.25, -0.2) is 0 Å². The molecule has 2 rings (SSSR count). The van der Waals surface area contributed by atoms with Gasteiger partial charge < -0.3 is 15.1 Å². The lowest BCUT2D eigenvalue weighted by molar-refractivity contribution is 0.424. The summed E-state index contributed by atoms with van der Waals surface area (Å²) in [7, 11) is 0. The van der Waals surface area contributed by atoms with E-state index in [-0.39, 0.29) is 6.04 Å². The zero-order valence-corrected chi connectivity index (χ0v) is 12.7. The topological polar surface area (TPSA) is 63.0 Å². The monoisotopic (exact) mass is 294 g/mol. The molecule has 0 spiro atoms. The predicted molar refractivity (Wildman–Crippen MR) is 80.5 cm³/mol. The van der Waals surface area contributed by atoms with Crippen LogP contribution in [0.15, 0.2) is 22.6 Å². The van der Waals surface area contributed by atoms with Crippen molar-refractivity contribution in [2.75, 3.05) is 11.9 Å². The van der Waals surface area contributed by atoms with E-state index >= 15 is 0 Å². The first-order chi connectivity index (χ1) is 9.60. The average Bonchev–Trinajstić information content (AvgIpc) is 2.89. The molecule has 0 aliphatic rings. The van der Waals surface area contributed by atoms with Crippen molar-refractivity contribution in [1.82, 2.24) is 15.5 Å². The second kappa shape index (κ2) is 6.72. The van der Waals surface area contributed by atoms with E-state index in [1.807, 2.05) is 32.0 Å². The molecule has 1 unspecified atom stereocenters. The number of benzene rings is 1. The summed E-state index contributed by atoms with van der Waals surface area (Å²) in [5.74, 6) is 0.570. The van der Waals surface area contributed by atoms with Crippen LogP contribution in [0, 0.1) is 6.92 Å². The Balaban J connectivity index is 2.07. The molecule has 1 aromatic carbocycles. The Morgan fingerprint density at radius 2 is 2.15 bits per heavy atom. The molecule has 6 heteroatoms. The Morgan fingerprint density at radius 3 is 2.90 bits per heavy atom. The lowest BCUT2D eigenvalue weighted by atomic mass is 10.2. The molecule has 20 heavy (non-hydrogen) atoms. The molecule has 0 radical (unpaired) electrons. The zero-order valence-electron chi connectivity index (χ0n) is 11.9. The van der Waals surface area contributed by atoms with Gasteiger partial charge in [0.25, 0.3) is 0 Å². The van der Waals surface area contributed by atoms with Crippen molar-refractivity contribution in [3.05, 3.63) is 34.7 Å². The summed E-state index contributed by atoms with van der Waals surface area (Å²) in [6.45, 7) is 7.01. The van der Waals surface area contributed by atoms with E-state index < -0.39 is 0 Å². The third kappa shape index (κ3) is 3.71. The van der Waals surface area contributed by atoms with Crippen LogP contribution in [0.25, 0.3) is 0 Å². The van der Waals surface area contributed by atoms with E-state index in [1.165, 1.54) is 0 Å². The number of aryl methyl sites for hydroxylation is 1. The van der Waals surface area contributed by atoms with Gasteiger partial charge in [0.15, 0.2) is 0 Å². The maximum absolute atomic E-state index is 5.98.